The Morgan fingerprint density at radius 2 is 1.88 bits per heavy atom. The SMILES string of the molecule is O=C(Cc1ccccc1F)NCC(O)CN1CCc2ccccc2C1. The van der Waals surface area contributed by atoms with Crippen molar-refractivity contribution < 1.29 is 14.3 Å². The molecule has 0 fully saturated rings. The molecule has 0 saturated carbocycles. The fourth-order valence-corrected chi connectivity index (χ4v) is 3.18. The van der Waals surface area contributed by atoms with E-state index in [9.17, 15) is 14.3 Å². The van der Waals surface area contributed by atoms with Gasteiger partial charge in [-0.2, -0.15) is 0 Å². The zero-order valence-electron chi connectivity index (χ0n) is 14.1. The topological polar surface area (TPSA) is 52.6 Å². The molecule has 1 unspecified atom stereocenters. The number of rotatable bonds is 6. The summed E-state index contributed by atoms with van der Waals surface area (Å²) >= 11 is 0. The molecule has 1 atom stereocenters. The number of nitrogens with one attached hydrogen (secondary N) is 1. The lowest BCUT2D eigenvalue weighted by Crippen LogP contribution is -2.42. The van der Waals surface area contributed by atoms with Crippen LogP contribution in [0.2, 0.25) is 0 Å². The van der Waals surface area contributed by atoms with Crippen molar-refractivity contribution in [3.05, 3.63) is 71.0 Å². The zero-order valence-corrected chi connectivity index (χ0v) is 14.1. The molecule has 0 radical (unpaired) electrons. The Hall–Kier alpha value is -2.24. The number of fused-ring (bicyclic) bond motifs is 1. The van der Waals surface area contributed by atoms with Gasteiger partial charge in [0.05, 0.1) is 12.5 Å². The van der Waals surface area contributed by atoms with Crippen molar-refractivity contribution >= 4 is 5.91 Å². The van der Waals surface area contributed by atoms with Gasteiger partial charge in [-0.3, -0.25) is 9.69 Å². The number of carbonyl (C=O) groups excluding carboxylic acids is 1. The molecule has 4 nitrogen and oxygen atoms in total. The molecular formula is C20H23FN2O2. The Morgan fingerprint density at radius 1 is 1.16 bits per heavy atom. The fraction of sp³-hybridized carbons (Fsp3) is 0.350. The molecule has 0 aliphatic carbocycles. The van der Waals surface area contributed by atoms with E-state index >= 15 is 0 Å². The second-order valence-corrected chi connectivity index (χ2v) is 6.48. The summed E-state index contributed by atoms with van der Waals surface area (Å²) in [4.78, 5) is 14.1. The first kappa shape index (κ1) is 17.6. The lowest BCUT2D eigenvalue weighted by atomic mass is 10.00. The maximum atomic E-state index is 13.5. The highest BCUT2D eigenvalue weighted by molar-refractivity contribution is 5.78. The van der Waals surface area contributed by atoms with Crippen molar-refractivity contribution in [1.29, 1.82) is 0 Å². The van der Waals surface area contributed by atoms with Crippen molar-refractivity contribution in [2.75, 3.05) is 19.6 Å². The predicted molar refractivity (Wildman–Crippen MR) is 94.5 cm³/mol. The maximum Gasteiger partial charge on any atom is 0.224 e. The van der Waals surface area contributed by atoms with E-state index in [1.54, 1.807) is 18.2 Å². The Balaban J connectivity index is 1.43. The molecule has 3 rings (SSSR count). The number of hydrogen-bond donors (Lipinski definition) is 2. The minimum atomic E-state index is -0.644. The first-order chi connectivity index (χ1) is 12.1. The Kier molecular flexibility index (Phi) is 5.79. The molecule has 132 valence electrons. The van der Waals surface area contributed by atoms with Crippen LogP contribution in [0.5, 0.6) is 0 Å². The van der Waals surface area contributed by atoms with Gasteiger partial charge in [0.15, 0.2) is 0 Å². The van der Waals surface area contributed by atoms with Crippen LogP contribution in [0.3, 0.4) is 0 Å². The smallest absolute Gasteiger partial charge is 0.224 e. The van der Waals surface area contributed by atoms with Crippen LogP contribution in [0.1, 0.15) is 16.7 Å². The molecule has 1 heterocycles. The average molecular weight is 342 g/mol. The van der Waals surface area contributed by atoms with Gasteiger partial charge in [0.1, 0.15) is 5.82 Å². The van der Waals surface area contributed by atoms with E-state index in [1.807, 2.05) is 6.07 Å². The van der Waals surface area contributed by atoms with Crippen LogP contribution in [-0.2, 0) is 24.2 Å². The molecule has 5 heteroatoms. The fourth-order valence-electron chi connectivity index (χ4n) is 3.18. The number of aliphatic hydroxyl groups is 1. The minimum absolute atomic E-state index is 0.0174. The van der Waals surface area contributed by atoms with Gasteiger partial charge in [-0.05, 0) is 29.2 Å². The highest BCUT2D eigenvalue weighted by Crippen LogP contribution is 2.18. The van der Waals surface area contributed by atoms with E-state index in [0.717, 1.165) is 19.5 Å². The summed E-state index contributed by atoms with van der Waals surface area (Å²) in [5.74, 6) is -0.668. The van der Waals surface area contributed by atoms with Crippen LogP contribution in [0, 0.1) is 5.82 Å². The summed E-state index contributed by atoms with van der Waals surface area (Å²) < 4.78 is 13.5. The highest BCUT2D eigenvalue weighted by atomic mass is 19.1. The van der Waals surface area contributed by atoms with E-state index in [2.05, 4.69) is 28.4 Å². The van der Waals surface area contributed by atoms with Crippen molar-refractivity contribution in [3.63, 3.8) is 0 Å². The quantitative estimate of drug-likeness (QED) is 0.843. The number of benzene rings is 2. The molecule has 1 amide bonds. The van der Waals surface area contributed by atoms with Gasteiger partial charge in [-0.1, -0.05) is 42.5 Å². The molecule has 0 bridgehead atoms. The third kappa shape index (κ3) is 4.87. The largest absolute Gasteiger partial charge is 0.390 e. The Labute approximate surface area is 147 Å². The van der Waals surface area contributed by atoms with Gasteiger partial charge in [0.2, 0.25) is 5.91 Å². The van der Waals surface area contributed by atoms with E-state index in [1.165, 1.54) is 17.2 Å². The van der Waals surface area contributed by atoms with E-state index in [4.69, 9.17) is 0 Å². The van der Waals surface area contributed by atoms with Crippen LogP contribution < -0.4 is 5.32 Å². The third-order valence-corrected chi connectivity index (χ3v) is 4.52. The number of halogens is 1. The molecule has 0 spiro atoms. The number of hydrogen-bond acceptors (Lipinski definition) is 3. The van der Waals surface area contributed by atoms with Crippen molar-refractivity contribution in [2.45, 2.75) is 25.5 Å². The molecular weight excluding hydrogens is 319 g/mol. The summed E-state index contributed by atoms with van der Waals surface area (Å²) in [6.07, 6.45) is 0.314. The van der Waals surface area contributed by atoms with Crippen LogP contribution in [0.25, 0.3) is 0 Å². The summed E-state index contributed by atoms with van der Waals surface area (Å²) in [6, 6.07) is 14.6. The number of carbonyl (C=O) groups is 1. The second kappa shape index (κ2) is 8.23. The van der Waals surface area contributed by atoms with Crippen LogP contribution in [0.4, 0.5) is 4.39 Å². The maximum absolute atomic E-state index is 13.5. The Bertz CT molecular complexity index is 735. The molecule has 2 aromatic rings. The van der Waals surface area contributed by atoms with Crippen molar-refractivity contribution in [3.8, 4) is 0 Å². The second-order valence-electron chi connectivity index (χ2n) is 6.48. The molecule has 1 aliphatic heterocycles. The first-order valence-corrected chi connectivity index (χ1v) is 8.59. The number of amides is 1. The minimum Gasteiger partial charge on any atom is -0.390 e. The van der Waals surface area contributed by atoms with Gasteiger partial charge < -0.3 is 10.4 Å². The van der Waals surface area contributed by atoms with Crippen molar-refractivity contribution in [1.82, 2.24) is 10.2 Å². The average Bonchev–Trinajstić information content (AvgIpc) is 2.62. The van der Waals surface area contributed by atoms with Gasteiger partial charge in [0.25, 0.3) is 0 Å². The van der Waals surface area contributed by atoms with Crippen LogP contribution >= 0.6 is 0 Å². The number of β-amino-alcohol motifs (C(OH)–C–C–N with tert-alkyl or cyclic N) is 1. The van der Waals surface area contributed by atoms with Gasteiger partial charge >= 0.3 is 0 Å². The first-order valence-electron chi connectivity index (χ1n) is 8.59. The van der Waals surface area contributed by atoms with Gasteiger partial charge in [-0.25, -0.2) is 4.39 Å². The van der Waals surface area contributed by atoms with Gasteiger partial charge in [0, 0.05) is 26.2 Å². The van der Waals surface area contributed by atoms with Crippen LogP contribution in [-0.4, -0.2) is 41.7 Å². The predicted octanol–water partition coefficient (Wildman–Crippen LogP) is 1.90. The van der Waals surface area contributed by atoms with E-state index < -0.39 is 6.10 Å². The Morgan fingerprint density at radius 3 is 2.68 bits per heavy atom. The third-order valence-electron chi connectivity index (χ3n) is 4.52. The molecule has 2 N–H and O–H groups in total. The van der Waals surface area contributed by atoms with E-state index in [0.29, 0.717) is 12.1 Å². The summed E-state index contributed by atoms with van der Waals surface area (Å²) in [5.41, 5.74) is 3.03. The number of aliphatic hydroxyl groups excluding tert-OH is 1. The molecule has 0 aromatic heterocycles. The molecule has 0 saturated heterocycles. The zero-order chi connectivity index (χ0) is 17.6. The van der Waals surface area contributed by atoms with E-state index in [-0.39, 0.29) is 24.7 Å². The summed E-state index contributed by atoms with van der Waals surface area (Å²) in [7, 11) is 0. The monoisotopic (exact) mass is 342 g/mol. The number of nitrogens with zero attached hydrogens (tertiary/aromatic N) is 1. The molecule has 2 aromatic carbocycles. The molecule has 25 heavy (non-hydrogen) atoms. The van der Waals surface area contributed by atoms with Gasteiger partial charge in [-0.15, -0.1) is 0 Å². The summed E-state index contributed by atoms with van der Waals surface area (Å²) in [6.45, 7) is 2.40. The summed E-state index contributed by atoms with van der Waals surface area (Å²) in [5, 5.41) is 12.9. The van der Waals surface area contributed by atoms with Crippen molar-refractivity contribution in [2.24, 2.45) is 0 Å². The lowest BCUT2D eigenvalue weighted by Gasteiger charge is -2.30. The van der Waals surface area contributed by atoms with Crippen LogP contribution in [0.15, 0.2) is 48.5 Å². The highest BCUT2D eigenvalue weighted by Gasteiger charge is 2.18. The lowest BCUT2D eigenvalue weighted by molar-refractivity contribution is -0.121. The standard InChI is InChI=1S/C20H23FN2O2/c21-19-8-4-3-6-16(19)11-20(25)22-12-18(24)14-23-10-9-15-5-1-2-7-17(15)13-23/h1-8,18,24H,9-14H2,(H,22,25). The molecule has 1 aliphatic rings. The normalized spacial score (nSPS) is 15.4.